The highest BCUT2D eigenvalue weighted by Crippen LogP contribution is 2.23. The molecule has 1 aromatic heterocycles. The number of amides is 3. The van der Waals surface area contributed by atoms with Gasteiger partial charge in [0.15, 0.2) is 0 Å². The molecule has 1 saturated heterocycles. The van der Waals surface area contributed by atoms with E-state index in [0.29, 0.717) is 31.7 Å². The lowest BCUT2D eigenvalue weighted by Crippen LogP contribution is -2.39. The Morgan fingerprint density at radius 1 is 0.971 bits per heavy atom. The summed E-state index contributed by atoms with van der Waals surface area (Å²) in [7, 11) is 0. The van der Waals surface area contributed by atoms with Crippen molar-refractivity contribution in [1.29, 1.82) is 0 Å². The Kier molecular flexibility index (Phi) is 7.87. The first-order valence-electron chi connectivity index (χ1n) is 11.7. The molecule has 0 atom stereocenters. The molecule has 8 nitrogen and oxygen atoms in total. The minimum atomic E-state index is -0.388. The number of aromatic nitrogens is 2. The molecular formula is C26H29N5O3S. The van der Waals surface area contributed by atoms with Crippen LogP contribution in [0.2, 0.25) is 0 Å². The van der Waals surface area contributed by atoms with Crippen LogP contribution in [0.3, 0.4) is 0 Å². The molecule has 0 saturated carbocycles. The van der Waals surface area contributed by atoms with Crippen molar-refractivity contribution in [2.75, 3.05) is 18.4 Å². The number of piperidine rings is 1. The largest absolute Gasteiger partial charge is 0.352 e. The van der Waals surface area contributed by atoms with Gasteiger partial charge in [-0.15, -0.1) is 10.2 Å². The molecule has 4 rings (SSSR count). The van der Waals surface area contributed by atoms with Crippen molar-refractivity contribution in [3.05, 3.63) is 75.2 Å². The number of aryl methyl sites for hydroxylation is 2. The third-order valence-electron chi connectivity index (χ3n) is 6.22. The van der Waals surface area contributed by atoms with Crippen molar-refractivity contribution < 1.29 is 14.4 Å². The first-order chi connectivity index (χ1) is 16.9. The van der Waals surface area contributed by atoms with Gasteiger partial charge in [-0.25, -0.2) is 0 Å². The van der Waals surface area contributed by atoms with Crippen molar-refractivity contribution in [3.63, 3.8) is 0 Å². The maximum absolute atomic E-state index is 12.9. The van der Waals surface area contributed by atoms with Crippen LogP contribution < -0.4 is 10.6 Å². The maximum Gasteiger partial charge on any atom is 0.286 e. The van der Waals surface area contributed by atoms with Crippen molar-refractivity contribution in [3.8, 4) is 0 Å². The number of nitrogens with zero attached hydrogens (tertiary/aromatic N) is 3. The van der Waals surface area contributed by atoms with Crippen LogP contribution in [0.25, 0.3) is 0 Å². The van der Waals surface area contributed by atoms with Gasteiger partial charge in [0.1, 0.15) is 0 Å². The Bertz CT molecular complexity index is 1200. The number of likely N-dealkylation sites (tertiary alicyclic amines) is 1. The molecule has 2 aromatic carbocycles. The third kappa shape index (κ3) is 6.51. The molecule has 2 heterocycles. The SMILES string of the molecule is Cc1ccc(NC(=O)c2nnc(C(=O)N3CCC(CC(=O)NCc4ccccc4C)CC3)s2)cc1. The van der Waals surface area contributed by atoms with E-state index in [4.69, 9.17) is 0 Å². The van der Waals surface area contributed by atoms with E-state index in [2.05, 4.69) is 20.8 Å². The molecule has 2 N–H and O–H groups in total. The van der Waals surface area contributed by atoms with Crippen LogP contribution in [0, 0.1) is 19.8 Å². The highest BCUT2D eigenvalue weighted by molar-refractivity contribution is 7.15. The number of carbonyl (C=O) groups is 3. The molecule has 182 valence electrons. The summed E-state index contributed by atoms with van der Waals surface area (Å²) >= 11 is 0.993. The second kappa shape index (κ2) is 11.2. The summed E-state index contributed by atoms with van der Waals surface area (Å²) in [6.07, 6.45) is 1.96. The van der Waals surface area contributed by atoms with E-state index in [0.717, 1.165) is 40.9 Å². The lowest BCUT2D eigenvalue weighted by molar-refractivity contribution is -0.122. The summed E-state index contributed by atoms with van der Waals surface area (Å²) in [5.41, 5.74) is 4.03. The summed E-state index contributed by atoms with van der Waals surface area (Å²) in [5.74, 6) is -0.340. The Balaban J connectivity index is 1.23. The smallest absolute Gasteiger partial charge is 0.286 e. The lowest BCUT2D eigenvalue weighted by Gasteiger charge is -2.31. The normalized spacial score (nSPS) is 13.9. The Labute approximate surface area is 208 Å². The van der Waals surface area contributed by atoms with E-state index in [1.807, 2.05) is 62.4 Å². The average Bonchev–Trinajstić information content (AvgIpc) is 3.36. The van der Waals surface area contributed by atoms with Gasteiger partial charge in [0, 0.05) is 31.7 Å². The second-order valence-corrected chi connectivity index (χ2v) is 9.85. The Morgan fingerprint density at radius 3 is 2.37 bits per heavy atom. The maximum atomic E-state index is 12.9. The number of benzene rings is 2. The van der Waals surface area contributed by atoms with E-state index >= 15 is 0 Å². The van der Waals surface area contributed by atoms with Crippen molar-refractivity contribution in [2.24, 2.45) is 5.92 Å². The van der Waals surface area contributed by atoms with Crippen LogP contribution in [0.15, 0.2) is 48.5 Å². The standard InChI is InChI=1S/C26H29N5O3S/c1-17-7-9-21(10-8-17)28-23(33)24-29-30-25(35-24)26(34)31-13-11-19(12-14-31)15-22(32)27-16-20-6-4-3-5-18(20)2/h3-10,19H,11-16H2,1-2H3,(H,27,32)(H,28,33). The molecular weight excluding hydrogens is 462 g/mol. The van der Waals surface area contributed by atoms with Crippen LogP contribution in [0.5, 0.6) is 0 Å². The number of carbonyl (C=O) groups excluding carboxylic acids is 3. The molecule has 35 heavy (non-hydrogen) atoms. The van der Waals surface area contributed by atoms with Crippen LogP contribution >= 0.6 is 11.3 Å². The van der Waals surface area contributed by atoms with Crippen molar-refractivity contribution in [1.82, 2.24) is 20.4 Å². The fourth-order valence-electron chi connectivity index (χ4n) is 4.03. The number of hydrogen-bond acceptors (Lipinski definition) is 6. The zero-order chi connectivity index (χ0) is 24.8. The molecule has 0 radical (unpaired) electrons. The van der Waals surface area contributed by atoms with Gasteiger partial charge in [0.05, 0.1) is 0 Å². The molecule has 1 fully saturated rings. The minimum Gasteiger partial charge on any atom is -0.352 e. The molecule has 3 amide bonds. The summed E-state index contributed by atoms with van der Waals surface area (Å²) in [4.78, 5) is 39.5. The predicted molar refractivity (Wildman–Crippen MR) is 135 cm³/mol. The van der Waals surface area contributed by atoms with Crippen LogP contribution in [-0.2, 0) is 11.3 Å². The lowest BCUT2D eigenvalue weighted by atomic mass is 9.93. The third-order valence-corrected chi connectivity index (χ3v) is 7.13. The van der Waals surface area contributed by atoms with Crippen molar-refractivity contribution >= 4 is 34.7 Å². The molecule has 3 aromatic rings. The number of rotatable bonds is 7. The van der Waals surface area contributed by atoms with Crippen LogP contribution in [0.1, 0.15) is 55.6 Å². The quantitative estimate of drug-likeness (QED) is 0.521. The summed E-state index contributed by atoms with van der Waals surface area (Å²) in [5, 5.41) is 14.0. The zero-order valence-electron chi connectivity index (χ0n) is 19.9. The van der Waals surface area contributed by atoms with Gasteiger partial charge in [-0.05, 0) is 55.9 Å². The highest BCUT2D eigenvalue weighted by Gasteiger charge is 2.28. The Hall–Kier alpha value is -3.59. The fraction of sp³-hybridized carbons (Fsp3) is 0.346. The van der Waals surface area contributed by atoms with E-state index < -0.39 is 0 Å². The summed E-state index contributed by atoms with van der Waals surface area (Å²) in [6.45, 7) is 5.64. The average molecular weight is 492 g/mol. The van der Waals surface area contributed by atoms with Crippen LogP contribution in [0.4, 0.5) is 5.69 Å². The van der Waals surface area contributed by atoms with Crippen molar-refractivity contribution in [2.45, 2.75) is 39.7 Å². The number of nitrogens with one attached hydrogen (secondary N) is 2. The molecule has 0 bridgehead atoms. The van der Waals surface area contributed by atoms with E-state index in [9.17, 15) is 14.4 Å². The summed E-state index contributed by atoms with van der Waals surface area (Å²) < 4.78 is 0. The molecule has 0 unspecified atom stereocenters. The molecule has 1 aliphatic heterocycles. The topological polar surface area (TPSA) is 104 Å². The van der Waals surface area contributed by atoms with Gasteiger partial charge in [0.2, 0.25) is 15.9 Å². The first kappa shape index (κ1) is 24.5. The minimum absolute atomic E-state index is 0.0337. The first-order valence-corrected chi connectivity index (χ1v) is 12.5. The zero-order valence-corrected chi connectivity index (χ0v) is 20.7. The van der Waals surface area contributed by atoms with Crippen LogP contribution in [-0.4, -0.2) is 45.9 Å². The van der Waals surface area contributed by atoms with Gasteiger partial charge in [0.25, 0.3) is 11.8 Å². The van der Waals surface area contributed by atoms with Gasteiger partial charge >= 0.3 is 0 Å². The van der Waals surface area contributed by atoms with Gasteiger partial charge < -0.3 is 15.5 Å². The highest BCUT2D eigenvalue weighted by atomic mass is 32.1. The van der Waals surface area contributed by atoms with E-state index in [1.165, 1.54) is 0 Å². The Morgan fingerprint density at radius 2 is 1.66 bits per heavy atom. The van der Waals surface area contributed by atoms with Gasteiger partial charge in [-0.2, -0.15) is 0 Å². The fourth-order valence-corrected chi connectivity index (χ4v) is 4.74. The monoisotopic (exact) mass is 491 g/mol. The molecule has 1 aliphatic rings. The number of anilines is 1. The predicted octanol–water partition coefficient (Wildman–Crippen LogP) is 3.97. The van der Waals surface area contributed by atoms with E-state index in [1.54, 1.807) is 4.90 Å². The molecule has 0 spiro atoms. The van der Waals surface area contributed by atoms with E-state index in [-0.39, 0.29) is 33.7 Å². The molecule has 0 aliphatic carbocycles. The second-order valence-electron chi connectivity index (χ2n) is 8.88. The van der Waals surface area contributed by atoms with Gasteiger partial charge in [-0.3, -0.25) is 14.4 Å². The van der Waals surface area contributed by atoms with Gasteiger partial charge in [-0.1, -0.05) is 53.3 Å². The number of hydrogen-bond donors (Lipinski definition) is 2. The summed E-state index contributed by atoms with van der Waals surface area (Å²) in [6, 6.07) is 15.4. The molecule has 9 heteroatoms.